The van der Waals surface area contributed by atoms with Crippen molar-refractivity contribution < 1.29 is 9.59 Å². The number of guanidine groups is 1. The maximum atomic E-state index is 12.3. The molecule has 0 radical (unpaired) electrons. The lowest BCUT2D eigenvalue weighted by molar-refractivity contribution is -0.121. The zero-order valence-corrected chi connectivity index (χ0v) is 16.8. The fourth-order valence-electron chi connectivity index (χ4n) is 2.51. The third-order valence-corrected chi connectivity index (χ3v) is 4.72. The lowest BCUT2D eigenvalue weighted by atomic mass is 10.0. The minimum atomic E-state index is -0.183. The summed E-state index contributed by atoms with van der Waals surface area (Å²) in [5.74, 6) is -0.293. The van der Waals surface area contributed by atoms with Crippen molar-refractivity contribution >= 4 is 34.2 Å². The largest absolute Gasteiger partial charge is 0.370 e. The molecule has 29 heavy (non-hydrogen) atoms. The first-order valence-corrected chi connectivity index (χ1v) is 9.84. The number of aliphatic imine (C=N–C) groups is 1. The van der Waals surface area contributed by atoms with Gasteiger partial charge in [0.2, 0.25) is 11.0 Å². The Morgan fingerprint density at radius 3 is 2.66 bits per heavy atom. The number of nitrogens with two attached hydrogens (primary N) is 2. The quantitative estimate of drug-likeness (QED) is 0.277. The van der Waals surface area contributed by atoms with Gasteiger partial charge in [-0.25, -0.2) is 4.98 Å². The van der Waals surface area contributed by atoms with E-state index in [1.807, 2.05) is 30.5 Å². The summed E-state index contributed by atoms with van der Waals surface area (Å²) in [4.78, 5) is 32.1. The van der Waals surface area contributed by atoms with E-state index in [4.69, 9.17) is 16.7 Å². The minimum Gasteiger partial charge on any atom is -0.370 e. The van der Waals surface area contributed by atoms with E-state index in [1.54, 1.807) is 12.1 Å². The van der Waals surface area contributed by atoms with E-state index in [1.165, 1.54) is 11.3 Å². The lowest BCUT2D eigenvalue weighted by Gasteiger charge is -2.11. The van der Waals surface area contributed by atoms with Crippen LogP contribution in [0, 0.1) is 17.2 Å². The number of amides is 2. The maximum Gasteiger partial charge on any atom is 0.251 e. The molecule has 0 fully saturated rings. The third kappa shape index (κ3) is 7.23. The Kier molecular flexibility index (Phi) is 8.12. The highest BCUT2D eigenvalue weighted by molar-refractivity contribution is 7.13. The van der Waals surface area contributed by atoms with Crippen LogP contribution in [0.15, 0.2) is 34.6 Å². The molecule has 9 nitrogen and oxygen atoms in total. The van der Waals surface area contributed by atoms with Crippen molar-refractivity contribution in [1.29, 1.82) is 5.26 Å². The standard InChI is InChI=1S/C19H23N7O2S/c1-12(10-16(27)23-9-7-20)6-8-24-17(28)14-4-2-13(3-5-14)15-11-29-19(25-15)26-18(21)22/h2-5,11-12H,6,8-10H2,1H3,(H,23,27)(H,24,28)(H4,21,22,25,26). The highest BCUT2D eigenvalue weighted by Gasteiger charge is 2.11. The van der Waals surface area contributed by atoms with Gasteiger partial charge in [0.05, 0.1) is 11.8 Å². The Hall–Kier alpha value is -3.45. The number of nitrogens with zero attached hydrogens (tertiary/aromatic N) is 3. The predicted molar refractivity (Wildman–Crippen MR) is 112 cm³/mol. The molecule has 0 aliphatic rings. The number of aromatic nitrogens is 1. The van der Waals surface area contributed by atoms with Crippen LogP contribution >= 0.6 is 11.3 Å². The van der Waals surface area contributed by atoms with Crippen molar-refractivity contribution in [1.82, 2.24) is 15.6 Å². The van der Waals surface area contributed by atoms with Crippen molar-refractivity contribution in [2.24, 2.45) is 22.4 Å². The minimum absolute atomic E-state index is 0.00872. The third-order valence-electron chi connectivity index (χ3n) is 3.98. The highest BCUT2D eigenvalue weighted by atomic mass is 32.1. The number of nitrogens with one attached hydrogen (secondary N) is 2. The molecule has 0 bridgehead atoms. The number of nitriles is 1. The van der Waals surface area contributed by atoms with Gasteiger partial charge in [-0.15, -0.1) is 11.3 Å². The van der Waals surface area contributed by atoms with Crippen molar-refractivity contribution in [2.45, 2.75) is 19.8 Å². The van der Waals surface area contributed by atoms with E-state index in [0.717, 1.165) is 11.3 Å². The van der Waals surface area contributed by atoms with Crippen LogP contribution in [0.5, 0.6) is 0 Å². The molecule has 1 heterocycles. The second-order valence-electron chi connectivity index (χ2n) is 6.42. The summed E-state index contributed by atoms with van der Waals surface area (Å²) >= 11 is 1.32. The van der Waals surface area contributed by atoms with Gasteiger partial charge in [0, 0.05) is 29.5 Å². The highest BCUT2D eigenvalue weighted by Crippen LogP contribution is 2.26. The lowest BCUT2D eigenvalue weighted by Crippen LogP contribution is -2.28. The van der Waals surface area contributed by atoms with E-state index >= 15 is 0 Å². The normalized spacial score (nSPS) is 11.2. The van der Waals surface area contributed by atoms with Gasteiger partial charge in [-0.05, 0) is 24.5 Å². The van der Waals surface area contributed by atoms with Crippen LogP contribution in [-0.4, -0.2) is 35.8 Å². The van der Waals surface area contributed by atoms with Crippen molar-refractivity contribution in [3.05, 3.63) is 35.2 Å². The van der Waals surface area contributed by atoms with E-state index in [9.17, 15) is 9.59 Å². The first-order valence-electron chi connectivity index (χ1n) is 8.96. The van der Waals surface area contributed by atoms with E-state index in [2.05, 4.69) is 20.6 Å². The molecule has 0 aliphatic heterocycles. The van der Waals surface area contributed by atoms with Crippen LogP contribution in [0.25, 0.3) is 11.3 Å². The summed E-state index contributed by atoms with van der Waals surface area (Å²) in [6.45, 7) is 2.40. The monoisotopic (exact) mass is 413 g/mol. The molecule has 2 aromatic rings. The SMILES string of the molecule is CC(CCNC(=O)c1ccc(-c2csc(N=C(N)N)n2)cc1)CC(=O)NCC#N. The van der Waals surface area contributed by atoms with Crippen LogP contribution < -0.4 is 22.1 Å². The Balaban J connectivity index is 1.83. The molecule has 0 spiro atoms. The van der Waals surface area contributed by atoms with Crippen LogP contribution in [0.1, 0.15) is 30.1 Å². The first kappa shape index (κ1) is 21.8. The predicted octanol–water partition coefficient (Wildman–Crippen LogP) is 1.50. The van der Waals surface area contributed by atoms with Gasteiger partial charge in [0.15, 0.2) is 5.96 Å². The molecule has 1 aromatic heterocycles. The van der Waals surface area contributed by atoms with Crippen molar-refractivity contribution in [3.63, 3.8) is 0 Å². The smallest absolute Gasteiger partial charge is 0.251 e. The molecule has 10 heteroatoms. The van der Waals surface area contributed by atoms with Crippen LogP contribution in [0.3, 0.4) is 0 Å². The number of thiazole rings is 1. The number of benzene rings is 1. The van der Waals surface area contributed by atoms with Gasteiger partial charge in [-0.3, -0.25) is 9.59 Å². The van der Waals surface area contributed by atoms with Gasteiger partial charge in [-0.2, -0.15) is 10.3 Å². The van der Waals surface area contributed by atoms with Gasteiger partial charge >= 0.3 is 0 Å². The summed E-state index contributed by atoms with van der Waals surface area (Å²) in [5, 5.41) is 16.1. The number of hydrogen-bond acceptors (Lipinski definition) is 6. The van der Waals surface area contributed by atoms with Gasteiger partial charge < -0.3 is 22.1 Å². The van der Waals surface area contributed by atoms with Crippen LogP contribution in [0.2, 0.25) is 0 Å². The molecule has 2 amide bonds. The molecule has 1 aromatic carbocycles. The molecular weight excluding hydrogens is 390 g/mol. The average Bonchev–Trinajstić information content (AvgIpc) is 3.14. The average molecular weight is 414 g/mol. The summed E-state index contributed by atoms with van der Waals surface area (Å²) in [6, 6.07) is 8.94. The van der Waals surface area contributed by atoms with E-state index < -0.39 is 0 Å². The molecule has 0 aliphatic carbocycles. The second-order valence-corrected chi connectivity index (χ2v) is 7.25. The van der Waals surface area contributed by atoms with Crippen molar-refractivity contribution in [2.75, 3.05) is 13.1 Å². The Morgan fingerprint density at radius 2 is 2.00 bits per heavy atom. The van der Waals surface area contributed by atoms with Crippen molar-refractivity contribution in [3.8, 4) is 17.3 Å². The summed E-state index contributed by atoms with van der Waals surface area (Å²) < 4.78 is 0. The van der Waals surface area contributed by atoms with Gasteiger partial charge in [0.1, 0.15) is 6.54 Å². The molecule has 2 rings (SSSR count). The van der Waals surface area contributed by atoms with E-state index in [-0.39, 0.29) is 30.2 Å². The zero-order valence-electron chi connectivity index (χ0n) is 16.0. The Morgan fingerprint density at radius 1 is 1.28 bits per heavy atom. The number of carbonyl (C=O) groups excluding carboxylic acids is 2. The molecular formula is C19H23N7O2S. The molecule has 152 valence electrons. The van der Waals surface area contributed by atoms with Gasteiger partial charge in [0.25, 0.3) is 5.91 Å². The fourth-order valence-corrected chi connectivity index (χ4v) is 3.23. The first-order chi connectivity index (χ1) is 13.9. The molecule has 0 saturated heterocycles. The fraction of sp³-hybridized carbons (Fsp3) is 0.316. The summed E-state index contributed by atoms with van der Waals surface area (Å²) in [5.41, 5.74) is 12.8. The second kappa shape index (κ2) is 10.8. The van der Waals surface area contributed by atoms with Crippen LogP contribution in [-0.2, 0) is 4.79 Å². The Bertz CT molecular complexity index is 911. The molecule has 1 atom stereocenters. The topological polar surface area (TPSA) is 159 Å². The number of carbonyl (C=O) groups is 2. The maximum absolute atomic E-state index is 12.3. The molecule has 0 saturated carbocycles. The number of hydrogen-bond donors (Lipinski definition) is 4. The summed E-state index contributed by atoms with van der Waals surface area (Å²) in [6.07, 6.45) is 0.984. The van der Waals surface area contributed by atoms with E-state index in [0.29, 0.717) is 30.1 Å². The van der Waals surface area contributed by atoms with Crippen LogP contribution in [0.4, 0.5) is 5.13 Å². The summed E-state index contributed by atoms with van der Waals surface area (Å²) in [7, 11) is 0. The number of rotatable bonds is 9. The Labute approximate surface area is 172 Å². The molecule has 1 unspecified atom stereocenters. The zero-order chi connectivity index (χ0) is 21.2. The molecule has 6 N–H and O–H groups in total. The van der Waals surface area contributed by atoms with Gasteiger partial charge in [-0.1, -0.05) is 19.1 Å².